The first-order chi connectivity index (χ1) is 43.7. The SMILES string of the molecule is c1ccc(Oc2cc3c4c(c2)N(c2c(-c5ccccc5)cc(-c5ccccc5)cc2-c2ccccc2)c2ccc(-c5ccccc5)cc2B4c2cc(-c4ccccc4)ccc2N3c2c(-c3ccccc3)cc(-c3ccccc3)cc2-c2ccccc2)cc1. The van der Waals surface area contributed by atoms with Gasteiger partial charge in [-0.3, -0.25) is 0 Å². The molecule has 0 unspecified atom stereocenters. The average molecular weight is 1120 g/mol. The highest BCUT2D eigenvalue weighted by Crippen LogP contribution is 2.55. The Morgan fingerprint density at radius 3 is 0.784 bits per heavy atom. The van der Waals surface area contributed by atoms with Gasteiger partial charge in [-0.15, -0.1) is 0 Å². The van der Waals surface area contributed by atoms with E-state index >= 15 is 0 Å². The highest BCUT2D eigenvalue weighted by molar-refractivity contribution is 7.00. The highest BCUT2D eigenvalue weighted by atomic mass is 16.5. The van der Waals surface area contributed by atoms with Crippen LogP contribution < -0.4 is 30.9 Å². The summed E-state index contributed by atoms with van der Waals surface area (Å²) in [5, 5.41) is 0. The van der Waals surface area contributed by atoms with Crippen LogP contribution in [0.25, 0.3) is 89.0 Å². The number of ether oxygens (including phenoxy) is 1. The number of nitrogens with zero attached hydrogens (tertiary/aromatic N) is 2. The van der Waals surface area contributed by atoms with Crippen molar-refractivity contribution >= 4 is 57.2 Å². The maximum absolute atomic E-state index is 7.30. The van der Waals surface area contributed by atoms with Gasteiger partial charge >= 0.3 is 0 Å². The van der Waals surface area contributed by atoms with Crippen LogP contribution in [-0.4, -0.2) is 6.71 Å². The minimum absolute atomic E-state index is 0.256. The lowest BCUT2D eigenvalue weighted by Crippen LogP contribution is -2.61. The van der Waals surface area contributed by atoms with Crippen LogP contribution in [0.3, 0.4) is 0 Å². The smallest absolute Gasteiger partial charge is 0.252 e. The van der Waals surface area contributed by atoms with Crippen molar-refractivity contribution in [1.82, 2.24) is 0 Å². The second kappa shape index (κ2) is 22.5. The van der Waals surface area contributed by atoms with Crippen LogP contribution in [-0.2, 0) is 0 Å². The van der Waals surface area contributed by atoms with Crippen LogP contribution in [0.5, 0.6) is 11.5 Å². The predicted molar refractivity (Wildman–Crippen MR) is 370 cm³/mol. The molecule has 0 saturated heterocycles. The number of benzene rings is 14. The first-order valence-electron chi connectivity index (χ1n) is 30.3. The molecule has 14 aromatic rings. The summed E-state index contributed by atoms with van der Waals surface area (Å²) < 4.78 is 7.30. The van der Waals surface area contributed by atoms with Gasteiger partial charge in [-0.25, -0.2) is 0 Å². The Morgan fingerprint density at radius 1 is 0.205 bits per heavy atom. The van der Waals surface area contributed by atoms with Crippen LogP contribution in [0.4, 0.5) is 34.1 Å². The Morgan fingerprint density at radius 2 is 0.477 bits per heavy atom. The Balaban J connectivity index is 1.09. The zero-order valence-electron chi connectivity index (χ0n) is 48.3. The largest absolute Gasteiger partial charge is 0.457 e. The topological polar surface area (TPSA) is 15.7 Å². The molecule has 3 nitrogen and oxygen atoms in total. The summed E-state index contributed by atoms with van der Waals surface area (Å²) in [4.78, 5) is 5.19. The zero-order valence-corrected chi connectivity index (χ0v) is 48.3. The van der Waals surface area contributed by atoms with Crippen LogP contribution in [0.1, 0.15) is 0 Å². The number of fused-ring (bicyclic) bond motifs is 4. The van der Waals surface area contributed by atoms with Crippen LogP contribution >= 0.6 is 0 Å². The van der Waals surface area contributed by atoms with Crippen molar-refractivity contribution in [3.63, 3.8) is 0 Å². The number of anilines is 6. The second-order valence-corrected chi connectivity index (χ2v) is 22.7. The molecule has 0 radical (unpaired) electrons. The molecule has 4 heteroatoms. The lowest BCUT2D eigenvalue weighted by Gasteiger charge is -2.46. The van der Waals surface area contributed by atoms with E-state index in [-0.39, 0.29) is 6.71 Å². The van der Waals surface area contributed by atoms with Crippen LogP contribution in [0.2, 0.25) is 0 Å². The van der Waals surface area contributed by atoms with Gasteiger partial charge in [0.15, 0.2) is 0 Å². The molecule has 0 spiro atoms. The quantitative estimate of drug-likeness (QED) is 0.113. The molecule has 2 aliphatic heterocycles. The molecule has 0 saturated carbocycles. The Bertz CT molecular complexity index is 4430. The molecule has 0 fully saturated rings. The molecule has 0 aliphatic carbocycles. The fourth-order valence-electron chi connectivity index (χ4n) is 13.5. The minimum Gasteiger partial charge on any atom is -0.457 e. The van der Waals surface area contributed by atoms with Gasteiger partial charge in [-0.2, -0.15) is 0 Å². The van der Waals surface area contributed by atoms with Gasteiger partial charge in [0.25, 0.3) is 6.71 Å². The summed E-state index contributed by atoms with van der Waals surface area (Å²) in [7, 11) is 0. The maximum atomic E-state index is 7.30. The normalized spacial score (nSPS) is 12.0. The summed E-state index contributed by atoms with van der Waals surface area (Å²) in [6.45, 7) is -0.256. The van der Waals surface area contributed by atoms with E-state index in [1.807, 2.05) is 18.2 Å². The van der Waals surface area contributed by atoms with E-state index in [0.29, 0.717) is 5.75 Å². The summed E-state index contributed by atoms with van der Waals surface area (Å²) >= 11 is 0. The van der Waals surface area contributed by atoms with Gasteiger partial charge in [-0.1, -0.05) is 285 Å². The average Bonchev–Trinajstić information content (AvgIpc) is 0.739. The molecule has 0 aromatic heterocycles. The third kappa shape index (κ3) is 9.45. The summed E-state index contributed by atoms with van der Waals surface area (Å²) in [5.74, 6) is 1.47. The fourth-order valence-corrected chi connectivity index (χ4v) is 13.5. The number of para-hydroxylation sites is 1. The van der Waals surface area contributed by atoms with E-state index in [2.05, 4.69) is 337 Å². The summed E-state index contributed by atoms with van der Waals surface area (Å²) in [5.41, 5.74) is 28.0. The molecule has 0 atom stereocenters. The van der Waals surface area contributed by atoms with E-state index in [4.69, 9.17) is 4.74 Å². The third-order valence-electron chi connectivity index (χ3n) is 17.5. The zero-order chi connectivity index (χ0) is 58.3. The lowest BCUT2D eigenvalue weighted by atomic mass is 9.33. The van der Waals surface area contributed by atoms with Crippen molar-refractivity contribution in [2.45, 2.75) is 0 Å². The standard InChI is InChI=1S/C84H57BN2O/c1-10-28-58(29-11-1)66-46-48-78-76(54-66)85-77-55-67(59-30-12-2-13-31-59)47-49-79(77)87(84-74(64-40-22-7-23-41-64)52-69(61-34-16-4-17-35-61)53-75(84)65-42-24-8-25-43-65)81-57-71(88-70-44-26-9-27-45-70)56-80(82(81)85)86(78)83-72(62-36-18-5-19-37-62)50-68(60-32-14-3-15-33-60)51-73(83)63-38-20-6-21-39-63/h1-57H. The van der Waals surface area contributed by atoms with E-state index in [1.165, 1.54) is 16.4 Å². The molecule has 2 aliphatic rings. The van der Waals surface area contributed by atoms with Gasteiger partial charge in [0.2, 0.25) is 0 Å². The molecule has 412 valence electrons. The van der Waals surface area contributed by atoms with Gasteiger partial charge in [-0.05, 0) is 132 Å². The third-order valence-corrected chi connectivity index (χ3v) is 17.5. The molecular formula is C84H57BN2O. The minimum atomic E-state index is -0.256. The first-order valence-corrected chi connectivity index (χ1v) is 30.3. The van der Waals surface area contributed by atoms with Gasteiger partial charge in [0.1, 0.15) is 11.5 Å². The van der Waals surface area contributed by atoms with Crippen LogP contribution in [0, 0.1) is 0 Å². The van der Waals surface area contributed by atoms with E-state index < -0.39 is 0 Å². The molecule has 16 rings (SSSR count). The van der Waals surface area contributed by atoms with Gasteiger partial charge in [0, 0.05) is 57.1 Å². The molecule has 0 amide bonds. The molecule has 0 bridgehead atoms. The fraction of sp³-hybridized carbons (Fsp3) is 0. The Labute approximate surface area is 515 Å². The first kappa shape index (κ1) is 52.1. The molecule has 14 aromatic carbocycles. The van der Waals surface area contributed by atoms with Crippen molar-refractivity contribution in [2.75, 3.05) is 9.80 Å². The monoisotopic (exact) mass is 1120 g/mol. The number of hydrogen-bond donors (Lipinski definition) is 0. The summed E-state index contributed by atoms with van der Waals surface area (Å²) in [6, 6.07) is 126. The van der Waals surface area contributed by atoms with Gasteiger partial charge < -0.3 is 14.5 Å². The lowest BCUT2D eigenvalue weighted by molar-refractivity contribution is 0.483. The van der Waals surface area contributed by atoms with E-state index in [9.17, 15) is 0 Å². The highest BCUT2D eigenvalue weighted by Gasteiger charge is 2.46. The number of hydrogen-bond acceptors (Lipinski definition) is 3. The summed E-state index contributed by atoms with van der Waals surface area (Å²) in [6.07, 6.45) is 0. The molecule has 2 heterocycles. The molecular weight excluding hydrogens is 1060 g/mol. The van der Waals surface area contributed by atoms with Crippen molar-refractivity contribution in [1.29, 1.82) is 0 Å². The van der Waals surface area contributed by atoms with E-state index in [0.717, 1.165) is 129 Å². The Kier molecular flexibility index (Phi) is 13.3. The van der Waals surface area contributed by atoms with Crippen molar-refractivity contribution in [3.05, 3.63) is 346 Å². The molecule has 0 N–H and O–H groups in total. The molecule has 88 heavy (non-hydrogen) atoms. The van der Waals surface area contributed by atoms with Crippen molar-refractivity contribution in [3.8, 4) is 101 Å². The maximum Gasteiger partial charge on any atom is 0.252 e. The van der Waals surface area contributed by atoms with E-state index in [1.54, 1.807) is 0 Å². The van der Waals surface area contributed by atoms with Gasteiger partial charge in [0.05, 0.1) is 11.4 Å². The number of rotatable bonds is 12. The Hall–Kier alpha value is -11.5. The van der Waals surface area contributed by atoms with Crippen molar-refractivity contribution in [2.24, 2.45) is 0 Å². The van der Waals surface area contributed by atoms with Crippen molar-refractivity contribution < 1.29 is 4.74 Å². The van der Waals surface area contributed by atoms with Crippen LogP contribution in [0.15, 0.2) is 346 Å². The predicted octanol–water partition coefficient (Wildman–Crippen LogP) is 20.9. The second-order valence-electron chi connectivity index (χ2n) is 22.7.